The zero-order chi connectivity index (χ0) is 13.0. The molecular formula is C11H16N4O3. The molecule has 7 heteroatoms. The maximum Gasteiger partial charge on any atom is 0.308 e. The van der Waals surface area contributed by atoms with E-state index in [4.69, 9.17) is 5.11 Å². The maximum absolute atomic E-state index is 11.9. The lowest BCUT2D eigenvalue weighted by molar-refractivity contribution is -0.145. The molecule has 1 aromatic rings. The molecule has 0 bridgehead atoms. The number of carboxylic acid groups (broad SMARTS) is 1. The van der Waals surface area contributed by atoms with Crippen LogP contribution in [-0.2, 0) is 16.1 Å². The van der Waals surface area contributed by atoms with Crippen molar-refractivity contribution in [2.24, 2.45) is 5.92 Å². The minimum Gasteiger partial charge on any atom is -0.481 e. The highest BCUT2D eigenvalue weighted by Crippen LogP contribution is 2.17. The smallest absolute Gasteiger partial charge is 0.308 e. The summed E-state index contributed by atoms with van der Waals surface area (Å²) in [5.41, 5.74) is 0. The van der Waals surface area contributed by atoms with Crippen molar-refractivity contribution < 1.29 is 14.7 Å². The number of aliphatic carboxylic acids is 1. The number of carbonyl (C=O) groups excluding carboxylic acids is 1. The number of aryl methyl sites for hydroxylation is 1. The lowest BCUT2D eigenvalue weighted by Gasteiger charge is -2.30. The summed E-state index contributed by atoms with van der Waals surface area (Å²) >= 11 is 0. The predicted octanol–water partition coefficient (Wildman–Crippen LogP) is -0.00860. The van der Waals surface area contributed by atoms with Crippen molar-refractivity contribution in [3.8, 4) is 0 Å². The summed E-state index contributed by atoms with van der Waals surface area (Å²) in [4.78, 5) is 28.3. The quantitative estimate of drug-likeness (QED) is 0.814. The third-order valence-electron chi connectivity index (χ3n) is 3.14. The van der Waals surface area contributed by atoms with Gasteiger partial charge in [0.2, 0.25) is 5.91 Å². The van der Waals surface area contributed by atoms with Crippen molar-refractivity contribution in [1.29, 1.82) is 0 Å². The molecule has 98 valence electrons. The molecule has 0 aromatic carbocycles. The highest BCUT2D eigenvalue weighted by Gasteiger charge is 2.27. The third kappa shape index (κ3) is 3.06. The summed E-state index contributed by atoms with van der Waals surface area (Å²) in [6.07, 6.45) is 4.72. The molecule has 0 unspecified atom stereocenters. The first kappa shape index (κ1) is 12.5. The van der Waals surface area contributed by atoms with E-state index >= 15 is 0 Å². The van der Waals surface area contributed by atoms with E-state index in [-0.39, 0.29) is 5.91 Å². The second-order valence-electron chi connectivity index (χ2n) is 4.43. The molecule has 7 nitrogen and oxygen atoms in total. The van der Waals surface area contributed by atoms with Gasteiger partial charge in [0.15, 0.2) is 0 Å². The third-order valence-corrected chi connectivity index (χ3v) is 3.14. The highest BCUT2D eigenvalue weighted by molar-refractivity contribution is 5.77. The number of rotatable bonds is 4. The van der Waals surface area contributed by atoms with Gasteiger partial charge in [-0.2, -0.15) is 5.10 Å². The summed E-state index contributed by atoms with van der Waals surface area (Å²) in [7, 11) is 0. The monoisotopic (exact) mass is 252 g/mol. The molecule has 1 N–H and O–H groups in total. The fraction of sp³-hybridized carbons (Fsp3) is 0.636. The van der Waals surface area contributed by atoms with Crippen LogP contribution in [0.1, 0.15) is 19.3 Å². The Morgan fingerprint density at radius 2 is 2.28 bits per heavy atom. The molecular weight excluding hydrogens is 236 g/mol. The molecule has 2 rings (SSSR count). The number of likely N-dealkylation sites (tertiary alicyclic amines) is 1. The molecule has 0 radical (unpaired) electrons. The minimum atomic E-state index is -0.816. The van der Waals surface area contributed by atoms with Gasteiger partial charge in [-0.1, -0.05) is 0 Å². The lowest BCUT2D eigenvalue weighted by atomic mass is 9.98. The molecule has 1 aliphatic heterocycles. The number of piperidine rings is 1. The number of carbonyl (C=O) groups is 2. The van der Waals surface area contributed by atoms with E-state index < -0.39 is 11.9 Å². The number of hydrogen-bond donors (Lipinski definition) is 1. The summed E-state index contributed by atoms with van der Waals surface area (Å²) in [5, 5.41) is 12.9. The fourth-order valence-electron chi connectivity index (χ4n) is 2.12. The Labute approximate surface area is 104 Å². The first-order valence-electron chi connectivity index (χ1n) is 6.00. The average Bonchev–Trinajstić information content (AvgIpc) is 2.89. The Balaban J connectivity index is 1.83. The van der Waals surface area contributed by atoms with Crippen molar-refractivity contribution in [2.75, 3.05) is 13.1 Å². The van der Waals surface area contributed by atoms with Gasteiger partial charge in [0.25, 0.3) is 0 Å². The van der Waals surface area contributed by atoms with Crippen LogP contribution in [0.5, 0.6) is 0 Å². The fourth-order valence-corrected chi connectivity index (χ4v) is 2.12. The van der Waals surface area contributed by atoms with Crippen LogP contribution in [0, 0.1) is 5.92 Å². The van der Waals surface area contributed by atoms with Crippen LogP contribution in [0.3, 0.4) is 0 Å². The minimum absolute atomic E-state index is 0.0172. The number of aromatic nitrogens is 3. The largest absolute Gasteiger partial charge is 0.481 e. The van der Waals surface area contributed by atoms with Crippen LogP contribution in [0.15, 0.2) is 12.7 Å². The first-order chi connectivity index (χ1) is 8.66. The number of carboxylic acids is 1. The standard InChI is InChI=1S/C11H16N4O3/c16-10(3-5-15-8-12-7-13-15)14-4-1-2-9(6-14)11(17)18/h7-9H,1-6H2,(H,17,18)/t9-/m1/s1. The number of nitrogens with zero attached hydrogens (tertiary/aromatic N) is 4. The molecule has 1 saturated heterocycles. The van der Waals surface area contributed by atoms with Crippen LogP contribution in [0.25, 0.3) is 0 Å². The van der Waals surface area contributed by atoms with Crippen LogP contribution >= 0.6 is 0 Å². The number of hydrogen-bond acceptors (Lipinski definition) is 4. The van der Waals surface area contributed by atoms with Gasteiger partial charge < -0.3 is 10.0 Å². The summed E-state index contributed by atoms with van der Waals surface area (Å²) in [6.45, 7) is 1.46. The van der Waals surface area contributed by atoms with Gasteiger partial charge >= 0.3 is 5.97 Å². The highest BCUT2D eigenvalue weighted by atomic mass is 16.4. The Bertz CT molecular complexity index is 418. The molecule has 2 heterocycles. The van der Waals surface area contributed by atoms with Crippen LogP contribution < -0.4 is 0 Å². The van der Waals surface area contributed by atoms with Crippen molar-refractivity contribution in [3.63, 3.8) is 0 Å². The topological polar surface area (TPSA) is 88.3 Å². The van der Waals surface area contributed by atoms with Crippen LogP contribution in [-0.4, -0.2) is 49.7 Å². The van der Waals surface area contributed by atoms with Crippen LogP contribution in [0.2, 0.25) is 0 Å². The number of amides is 1. The van der Waals surface area contributed by atoms with Gasteiger partial charge in [0.1, 0.15) is 12.7 Å². The molecule has 0 saturated carbocycles. The van der Waals surface area contributed by atoms with Gasteiger partial charge in [-0.25, -0.2) is 4.98 Å². The van der Waals surface area contributed by atoms with E-state index in [0.717, 1.165) is 6.42 Å². The van der Waals surface area contributed by atoms with Gasteiger partial charge in [0.05, 0.1) is 12.5 Å². The normalized spacial score (nSPS) is 19.8. The van der Waals surface area contributed by atoms with Gasteiger partial charge in [-0.05, 0) is 12.8 Å². The zero-order valence-electron chi connectivity index (χ0n) is 10.0. The summed E-state index contributed by atoms with van der Waals surface area (Å²) in [6, 6.07) is 0. The molecule has 1 aromatic heterocycles. The van der Waals surface area contributed by atoms with E-state index in [9.17, 15) is 9.59 Å². The maximum atomic E-state index is 11.9. The van der Waals surface area contributed by atoms with E-state index in [1.807, 2.05) is 0 Å². The van der Waals surface area contributed by atoms with E-state index in [1.54, 1.807) is 15.9 Å². The van der Waals surface area contributed by atoms with Crippen molar-refractivity contribution in [3.05, 3.63) is 12.7 Å². The van der Waals surface area contributed by atoms with Gasteiger partial charge in [-0.15, -0.1) is 0 Å². The Morgan fingerprint density at radius 3 is 2.94 bits per heavy atom. The van der Waals surface area contributed by atoms with E-state index in [0.29, 0.717) is 32.5 Å². The Hall–Kier alpha value is -1.92. The SMILES string of the molecule is O=C(O)[C@@H]1CCCN(C(=O)CCn2cncn2)C1. The van der Waals surface area contributed by atoms with Gasteiger partial charge in [0, 0.05) is 19.5 Å². The van der Waals surface area contributed by atoms with Crippen molar-refractivity contribution >= 4 is 11.9 Å². The van der Waals surface area contributed by atoms with E-state index in [1.165, 1.54) is 6.33 Å². The molecule has 0 spiro atoms. The zero-order valence-corrected chi connectivity index (χ0v) is 10.0. The molecule has 1 fully saturated rings. The molecule has 18 heavy (non-hydrogen) atoms. The van der Waals surface area contributed by atoms with Crippen LogP contribution in [0.4, 0.5) is 0 Å². The van der Waals surface area contributed by atoms with Crippen molar-refractivity contribution in [1.82, 2.24) is 19.7 Å². The molecule has 1 amide bonds. The van der Waals surface area contributed by atoms with Gasteiger partial charge in [-0.3, -0.25) is 14.3 Å². The Kier molecular flexibility index (Phi) is 3.91. The first-order valence-corrected chi connectivity index (χ1v) is 6.00. The predicted molar refractivity (Wildman–Crippen MR) is 61.6 cm³/mol. The lowest BCUT2D eigenvalue weighted by Crippen LogP contribution is -2.42. The average molecular weight is 252 g/mol. The molecule has 1 aliphatic rings. The molecule has 1 atom stereocenters. The Morgan fingerprint density at radius 1 is 1.44 bits per heavy atom. The summed E-state index contributed by atoms with van der Waals surface area (Å²) in [5.74, 6) is -1.26. The second-order valence-corrected chi connectivity index (χ2v) is 4.43. The second kappa shape index (κ2) is 5.61. The van der Waals surface area contributed by atoms with E-state index in [2.05, 4.69) is 10.1 Å². The summed E-state index contributed by atoms with van der Waals surface area (Å²) < 4.78 is 1.59. The van der Waals surface area contributed by atoms with Crippen molar-refractivity contribution in [2.45, 2.75) is 25.8 Å². The molecule has 0 aliphatic carbocycles.